The molecule has 0 amide bonds. The average molecular weight is 262 g/mol. The molecule has 2 aromatic rings. The van der Waals surface area contributed by atoms with Crippen LogP contribution in [-0.2, 0) is 6.42 Å². The molecule has 0 spiro atoms. The van der Waals surface area contributed by atoms with E-state index in [0.29, 0.717) is 6.42 Å². The zero-order valence-electron chi connectivity index (χ0n) is 11.3. The van der Waals surface area contributed by atoms with Crippen molar-refractivity contribution in [2.45, 2.75) is 45.0 Å². The van der Waals surface area contributed by atoms with Gasteiger partial charge in [0.2, 0.25) is 5.92 Å². The molecule has 0 aliphatic rings. The van der Waals surface area contributed by atoms with Crippen LogP contribution < -0.4 is 0 Å². The van der Waals surface area contributed by atoms with Crippen molar-refractivity contribution < 1.29 is 8.78 Å². The van der Waals surface area contributed by atoms with Gasteiger partial charge in [-0.2, -0.15) is 0 Å². The molecule has 0 N–H and O–H groups in total. The second-order valence-electron chi connectivity index (χ2n) is 5.05. The molecular formula is C17H20F2. The molecule has 0 aromatic heterocycles. The molecule has 0 aliphatic heterocycles. The van der Waals surface area contributed by atoms with Gasteiger partial charge in [-0.05, 0) is 35.6 Å². The molecule has 0 saturated heterocycles. The van der Waals surface area contributed by atoms with Gasteiger partial charge in [-0.25, -0.2) is 8.78 Å². The van der Waals surface area contributed by atoms with Crippen molar-refractivity contribution in [2.75, 3.05) is 0 Å². The first kappa shape index (κ1) is 14.0. The highest BCUT2D eigenvalue weighted by Crippen LogP contribution is 2.26. The molecule has 0 nitrogen and oxygen atoms in total. The number of rotatable bonds is 6. The molecule has 102 valence electrons. The van der Waals surface area contributed by atoms with Crippen molar-refractivity contribution in [3.63, 3.8) is 0 Å². The van der Waals surface area contributed by atoms with Gasteiger partial charge in [0.05, 0.1) is 0 Å². The summed E-state index contributed by atoms with van der Waals surface area (Å²) < 4.78 is 26.3. The zero-order chi connectivity index (χ0) is 13.7. The zero-order valence-corrected chi connectivity index (χ0v) is 11.3. The van der Waals surface area contributed by atoms with Gasteiger partial charge < -0.3 is 0 Å². The van der Waals surface area contributed by atoms with Crippen LogP contribution in [0.15, 0.2) is 42.5 Å². The fraction of sp³-hybridized carbons (Fsp3) is 0.412. The second kappa shape index (κ2) is 6.14. The lowest BCUT2D eigenvalue weighted by Gasteiger charge is -2.13. The highest BCUT2D eigenvalue weighted by Gasteiger charge is 2.24. The highest BCUT2D eigenvalue weighted by molar-refractivity contribution is 5.85. The third-order valence-corrected chi connectivity index (χ3v) is 3.64. The van der Waals surface area contributed by atoms with Gasteiger partial charge in [-0.3, -0.25) is 0 Å². The lowest BCUT2D eigenvalue weighted by Crippen LogP contribution is -2.13. The van der Waals surface area contributed by atoms with E-state index in [-0.39, 0.29) is 12.8 Å². The largest absolute Gasteiger partial charge is 0.247 e. The van der Waals surface area contributed by atoms with E-state index in [2.05, 4.69) is 24.3 Å². The van der Waals surface area contributed by atoms with E-state index in [4.69, 9.17) is 0 Å². The summed E-state index contributed by atoms with van der Waals surface area (Å²) in [5.74, 6) is -2.49. The molecule has 2 rings (SSSR count). The van der Waals surface area contributed by atoms with Crippen LogP contribution in [0.4, 0.5) is 8.78 Å². The number of aryl methyl sites for hydroxylation is 1. The summed E-state index contributed by atoms with van der Waals surface area (Å²) in [6.07, 6.45) is 2.24. The Kier molecular flexibility index (Phi) is 4.52. The van der Waals surface area contributed by atoms with E-state index in [9.17, 15) is 8.78 Å². The number of alkyl halides is 2. The molecule has 0 fully saturated rings. The molecule has 0 heterocycles. The number of unbranched alkanes of at least 4 members (excludes halogenated alkanes) is 1. The van der Waals surface area contributed by atoms with Crippen molar-refractivity contribution in [1.29, 1.82) is 0 Å². The van der Waals surface area contributed by atoms with Gasteiger partial charge >= 0.3 is 0 Å². The fourth-order valence-electron chi connectivity index (χ4n) is 2.39. The Hall–Kier alpha value is -1.44. The predicted molar refractivity (Wildman–Crippen MR) is 76.7 cm³/mol. The Labute approximate surface area is 113 Å². The third kappa shape index (κ3) is 3.76. The van der Waals surface area contributed by atoms with Crippen LogP contribution >= 0.6 is 0 Å². The predicted octanol–water partition coefficient (Wildman–Crippen LogP) is 5.60. The first-order chi connectivity index (χ1) is 9.12. The van der Waals surface area contributed by atoms with Crippen LogP contribution in [0.5, 0.6) is 0 Å². The fourth-order valence-corrected chi connectivity index (χ4v) is 2.39. The van der Waals surface area contributed by atoms with Crippen molar-refractivity contribution in [3.05, 3.63) is 48.0 Å². The normalized spacial score (nSPS) is 11.9. The SMILES string of the molecule is CCC(F)(F)CCCCc1cccc2ccccc12. The maximum atomic E-state index is 13.1. The van der Waals surface area contributed by atoms with Crippen LogP contribution in [0.1, 0.15) is 38.2 Å². The molecule has 0 bridgehead atoms. The first-order valence-electron chi connectivity index (χ1n) is 6.97. The standard InChI is InChI=1S/C17H20F2/c1-2-17(18,19)13-6-5-9-15-11-7-10-14-8-3-4-12-16(14)15/h3-4,7-8,10-12H,2,5-6,9,13H2,1H3. The Balaban J connectivity index is 1.95. The molecular weight excluding hydrogens is 242 g/mol. The molecule has 19 heavy (non-hydrogen) atoms. The summed E-state index contributed by atoms with van der Waals surface area (Å²) in [5, 5.41) is 2.46. The van der Waals surface area contributed by atoms with Crippen molar-refractivity contribution in [2.24, 2.45) is 0 Å². The van der Waals surface area contributed by atoms with E-state index in [0.717, 1.165) is 12.8 Å². The van der Waals surface area contributed by atoms with Crippen LogP contribution in [0.3, 0.4) is 0 Å². The molecule has 2 aromatic carbocycles. The Bertz CT molecular complexity index is 526. The molecule has 0 aliphatic carbocycles. The van der Waals surface area contributed by atoms with Crippen molar-refractivity contribution in [1.82, 2.24) is 0 Å². The van der Waals surface area contributed by atoms with E-state index in [1.165, 1.54) is 16.3 Å². The van der Waals surface area contributed by atoms with Crippen LogP contribution in [0, 0.1) is 0 Å². The number of halogens is 2. The van der Waals surface area contributed by atoms with E-state index >= 15 is 0 Å². The minimum Gasteiger partial charge on any atom is -0.207 e. The van der Waals surface area contributed by atoms with Crippen LogP contribution in [0.2, 0.25) is 0 Å². The van der Waals surface area contributed by atoms with Gasteiger partial charge in [-0.1, -0.05) is 49.4 Å². The summed E-state index contributed by atoms with van der Waals surface area (Å²) in [6, 6.07) is 14.5. The van der Waals surface area contributed by atoms with E-state index in [1.807, 2.05) is 18.2 Å². The second-order valence-corrected chi connectivity index (χ2v) is 5.05. The summed E-state index contributed by atoms with van der Waals surface area (Å²) in [7, 11) is 0. The van der Waals surface area contributed by atoms with E-state index < -0.39 is 5.92 Å². The maximum absolute atomic E-state index is 13.1. The Morgan fingerprint density at radius 1 is 0.947 bits per heavy atom. The minimum absolute atomic E-state index is 0.00820. The van der Waals surface area contributed by atoms with Crippen LogP contribution in [-0.4, -0.2) is 5.92 Å². The molecule has 0 unspecified atom stereocenters. The minimum atomic E-state index is -2.49. The summed E-state index contributed by atoms with van der Waals surface area (Å²) in [6.45, 7) is 1.55. The molecule has 2 heteroatoms. The summed E-state index contributed by atoms with van der Waals surface area (Å²) in [4.78, 5) is 0. The van der Waals surface area contributed by atoms with Gasteiger partial charge in [0.15, 0.2) is 0 Å². The first-order valence-corrected chi connectivity index (χ1v) is 6.97. The number of hydrogen-bond acceptors (Lipinski definition) is 0. The van der Waals surface area contributed by atoms with Gasteiger partial charge in [0, 0.05) is 12.8 Å². The number of benzene rings is 2. The Morgan fingerprint density at radius 3 is 2.47 bits per heavy atom. The Morgan fingerprint density at radius 2 is 1.68 bits per heavy atom. The van der Waals surface area contributed by atoms with Crippen LogP contribution in [0.25, 0.3) is 10.8 Å². The quantitative estimate of drug-likeness (QED) is 0.594. The number of fused-ring (bicyclic) bond motifs is 1. The van der Waals surface area contributed by atoms with Gasteiger partial charge in [0.25, 0.3) is 0 Å². The van der Waals surface area contributed by atoms with Crippen molar-refractivity contribution in [3.8, 4) is 0 Å². The molecule has 0 atom stereocenters. The lowest BCUT2D eigenvalue weighted by atomic mass is 9.99. The highest BCUT2D eigenvalue weighted by atomic mass is 19.3. The third-order valence-electron chi connectivity index (χ3n) is 3.64. The monoisotopic (exact) mass is 262 g/mol. The summed E-state index contributed by atoms with van der Waals surface area (Å²) in [5.41, 5.74) is 1.26. The molecule has 0 saturated carbocycles. The van der Waals surface area contributed by atoms with Crippen molar-refractivity contribution >= 4 is 10.8 Å². The van der Waals surface area contributed by atoms with Gasteiger partial charge in [0.1, 0.15) is 0 Å². The average Bonchev–Trinajstić information content (AvgIpc) is 2.44. The topological polar surface area (TPSA) is 0 Å². The smallest absolute Gasteiger partial charge is 0.207 e. The summed E-state index contributed by atoms with van der Waals surface area (Å²) >= 11 is 0. The van der Waals surface area contributed by atoms with E-state index in [1.54, 1.807) is 6.92 Å². The number of hydrogen-bond donors (Lipinski definition) is 0. The maximum Gasteiger partial charge on any atom is 0.247 e. The van der Waals surface area contributed by atoms with Gasteiger partial charge in [-0.15, -0.1) is 0 Å². The lowest BCUT2D eigenvalue weighted by molar-refractivity contribution is -0.0135. The molecule has 0 radical (unpaired) electrons.